The molecule has 1 heterocycles. The van der Waals surface area contributed by atoms with Crippen LogP contribution in [-0.4, -0.2) is 5.11 Å². The number of aliphatic hydroxyl groups is 1. The molecular weight excluding hydrogens is 236 g/mol. The van der Waals surface area contributed by atoms with E-state index in [9.17, 15) is 5.11 Å². The second kappa shape index (κ2) is 4.35. The van der Waals surface area contributed by atoms with E-state index in [4.69, 9.17) is 16.0 Å². The molecule has 17 heavy (non-hydrogen) atoms. The van der Waals surface area contributed by atoms with E-state index in [1.165, 1.54) is 19.3 Å². The van der Waals surface area contributed by atoms with Gasteiger partial charge in [0, 0.05) is 10.4 Å². The monoisotopic (exact) mass is 250 g/mol. The van der Waals surface area contributed by atoms with Gasteiger partial charge in [-0.1, -0.05) is 30.9 Å². The molecule has 1 aromatic heterocycles. The zero-order chi connectivity index (χ0) is 11.8. The first-order valence-corrected chi connectivity index (χ1v) is 6.47. The van der Waals surface area contributed by atoms with Gasteiger partial charge in [-0.2, -0.15) is 0 Å². The van der Waals surface area contributed by atoms with Gasteiger partial charge < -0.3 is 9.52 Å². The minimum absolute atomic E-state index is 0.480. The highest BCUT2D eigenvalue weighted by Gasteiger charge is 2.23. The smallest absolute Gasteiger partial charge is 0.134 e. The molecule has 0 spiro atoms. The second-order valence-electron chi connectivity index (χ2n) is 4.88. The molecule has 0 amide bonds. The van der Waals surface area contributed by atoms with Gasteiger partial charge in [-0.15, -0.1) is 0 Å². The molecule has 1 saturated carbocycles. The summed E-state index contributed by atoms with van der Waals surface area (Å²) in [5.74, 6) is 1.33. The van der Waals surface area contributed by atoms with Crippen LogP contribution in [0.2, 0.25) is 5.02 Å². The molecule has 3 heteroatoms. The van der Waals surface area contributed by atoms with E-state index in [2.05, 4.69) is 0 Å². The third kappa shape index (κ3) is 2.20. The molecule has 0 bridgehead atoms. The highest BCUT2D eigenvalue weighted by Crippen LogP contribution is 2.36. The van der Waals surface area contributed by atoms with Gasteiger partial charge in [-0.25, -0.2) is 0 Å². The first kappa shape index (κ1) is 11.1. The first-order chi connectivity index (χ1) is 8.22. The van der Waals surface area contributed by atoms with Crippen LogP contribution in [-0.2, 0) is 0 Å². The minimum atomic E-state index is -0.480. The molecule has 1 aromatic carbocycles. The van der Waals surface area contributed by atoms with E-state index in [-0.39, 0.29) is 0 Å². The van der Waals surface area contributed by atoms with Gasteiger partial charge in [0.25, 0.3) is 0 Å². The molecule has 1 aliphatic carbocycles. The van der Waals surface area contributed by atoms with Crippen LogP contribution in [0.15, 0.2) is 28.7 Å². The van der Waals surface area contributed by atoms with Crippen LogP contribution in [0.25, 0.3) is 11.0 Å². The van der Waals surface area contributed by atoms with Gasteiger partial charge >= 0.3 is 0 Å². The van der Waals surface area contributed by atoms with Gasteiger partial charge in [0.2, 0.25) is 0 Å². The summed E-state index contributed by atoms with van der Waals surface area (Å²) >= 11 is 5.92. The predicted octanol–water partition coefficient (Wildman–Crippen LogP) is 4.31. The van der Waals surface area contributed by atoms with Crippen LogP contribution >= 0.6 is 11.6 Å². The third-order valence-corrected chi connectivity index (χ3v) is 3.84. The van der Waals surface area contributed by atoms with E-state index < -0.39 is 6.10 Å². The number of benzene rings is 1. The molecule has 1 unspecified atom stereocenters. The van der Waals surface area contributed by atoms with Crippen molar-refractivity contribution in [3.8, 4) is 0 Å². The summed E-state index contributed by atoms with van der Waals surface area (Å²) in [5, 5.41) is 11.8. The zero-order valence-electron chi connectivity index (χ0n) is 9.53. The Labute approximate surface area is 105 Å². The predicted molar refractivity (Wildman–Crippen MR) is 68.1 cm³/mol. The Kier molecular flexibility index (Phi) is 2.85. The summed E-state index contributed by atoms with van der Waals surface area (Å²) in [6.07, 6.45) is 4.11. The summed E-state index contributed by atoms with van der Waals surface area (Å²) in [6.45, 7) is 0. The maximum atomic E-state index is 10.1. The number of aliphatic hydroxyl groups excluding tert-OH is 1. The molecular formula is C14H15ClO2. The average molecular weight is 251 g/mol. The van der Waals surface area contributed by atoms with Gasteiger partial charge in [0.05, 0.1) is 0 Å². The lowest BCUT2D eigenvalue weighted by Gasteiger charge is -2.26. The molecule has 2 nitrogen and oxygen atoms in total. The minimum Gasteiger partial charge on any atom is -0.458 e. The molecule has 1 aliphatic rings. The van der Waals surface area contributed by atoms with Crippen LogP contribution < -0.4 is 0 Å². The Hall–Kier alpha value is -0.990. The largest absolute Gasteiger partial charge is 0.458 e. The zero-order valence-corrected chi connectivity index (χ0v) is 10.3. The molecule has 0 saturated heterocycles. The fourth-order valence-electron chi connectivity index (χ4n) is 2.36. The van der Waals surface area contributed by atoms with Crippen LogP contribution in [0.4, 0.5) is 0 Å². The Morgan fingerprint density at radius 2 is 2.18 bits per heavy atom. The van der Waals surface area contributed by atoms with Crippen molar-refractivity contribution in [1.82, 2.24) is 0 Å². The number of furan rings is 1. The van der Waals surface area contributed by atoms with E-state index in [0.717, 1.165) is 17.4 Å². The Morgan fingerprint density at radius 1 is 1.35 bits per heavy atom. The lowest BCUT2D eigenvalue weighted by molar-refractivity contribution is 0.1000. The van der Waals surface area contributed by atoms with Crippen molar-refractivity contribution >= 4 is 22.6 Å². The van der Waals surface area contributed by atoms with E-state index in [1.54, 1.807) is 6.07 Å². The summed E-state index contributed by atoms with van der Waals surface area (Å²) < 4.78 is 5.65. The first-order valence-electron chi connectivity index (χ1n) is 6.09. The summed E-state index contributed by atoms with van der Waals surface area (Å²) in [4.78, 5) is 0. The van der Waals surface area contributed by atoms with Gasteiger partial charge in [-0.3, -0.25) is 0 Å². The van der Waals surface area contributed by atoms with E-state index >= 15 is 0 Å². The van der Waals surface area contributed by atoms with Crippen LogP contribution in [0, 0.1) is 5.92 Å². The quantitative estimate of drug-likeness (QED) is 0.881. The third-order valence-electron chi connectivity index (χ3n) is 3.61. The highest BCUT2D eigenvalue weighted by molar-refractivity contribution is 6.31. The maximum Gasteiger partial charge on any atom is 0.134 e. The SMILES string of the molecule is OC(CC1CCC1)c1cc2cc(Cl)ccc2o1. The Morgan fingerprint density at radius 3 is 2.88 bits per heavy atom. The van der Waals surface area contributed by atoms with Crippen LogP contribution in [0.3, 0.4) is 0 Å². The van der Waals surface area contributed by atoms with E-state index in [1.807, 2.05) is 18.2 Å². The summed E-state index contributed by atoms with van der Waals surface area (Å²) in [7, 11) is 0. The van der Waals surface area contributed by atoms with Crippen molar-refractivity contribution in [2.75, 3.05) is 0 Å². The van der Waals surface area contributed by atoms with Crippen molar-refractivity contribution in [2.24, 2.45) is 5.92 Å². The maximum absolute atomic E-state index is 10.1. The van der Waals surface area contributed by atoms with Crippen LogP contribution in [0.5, 0.6) is 0 Å². The fourth-order valence-corrected chi connectivity index (χ4v) is 2.54. The lowest BCUT2D eigenvalue weighted by Crippen LogP contribution is -2.14. The fraction of sp³-hybridized carbons (Fsp3) is 0.429. The summed E-state index contributed by atoms with van der Waals surface area (Å²) in [5.41, 5.74) is 0.789. The van der Waals surface area contributed by atoms with Crippen LogP contribution in [0.1, 0.15) is 37.5 Å². The van der Waals surface area contributed by atoms with Gasteiger partial charge in [-0.05, 0) is 36.6 Å². The molecule has 3 rings (SSSR count). The van der Waals surface area contributed by atoms with Gasteiger partial charge in [0.15, 0.2) is 0 Å². The second-order valence-corrected chi connectivity index (χ2v) is 5.32. The van der Waals surface area contributed by atoms with Crippen molar-refractivity contribution in [3.63, 3.8) is 0 Å². The molecule has 1 N–H and O–H groups in total. The number of halogens is 1. The van der Waals surface area contributed by atoms with Crippen molar-refractivity contribution in [2.45, 2.75) is 31.8 Å². The molecule has 1 atom stereocenters. The lowest BCUT2D eigenvalue weighted by atomic mass is 9.81. The molecule has 0 aliphatic heterocycles. The van der Waals surface area contributed by atoms with Gasteiger partial charge in [0.1, 0.15) is 17.4 Å². The standard InChI is InChI=1S/C14H15ClO2/c15-11-4-5-13-10(7-11)8-14(17-13)12(16)6-9-2-1-3-9/h4-5,7-9,12,16H,1-3,6H2. The van der Waals surface area contributed by atoms with Crippen molar-refractivity contribution in [3.05, 3.63) is 35.0 Å². The highest BCUT2D eigenvalue weighted by atomic mass is 35.5. The number of hydrogen-bond donors (Lipinski definition) is 1. The topological polar surface area (TPSA) is 33.4 Å². The Balaban J connectivity index is 1.83. The number of rotatable bonds is 3. The molecule has 2 aromatic rings. The number of fused-ring (bicyclic) bond motifs is 1. The summed E-state index contributed by atoms with van der Waals surface area (Å²) in [6, 6.07) is 7.40. The Bertz CT molecular complexity index is 528. The normalized spacial score (nSPS) is 18.2. The number of hydrogen-bond acceptors (Lipinski definition) is 2. The average Bonchev–Trinajstić information content (AvgIpc) is 2.65. The molecule has 90 valence electrons. The molecule has 0 radical (unpaired) electrons. The van der Waals surface area contributed by atoms with Crippen molar-refractivity contribution < 1.29 is 9.52 Å². The molecule has 1 fully saturated rings. The van der Waals surface area contributed by atoms with E-state index in [0.29, 0.717) is 16.7 Å². The van der Waals surface area contributed by atoms with Crippen molar-refractivity contribution in [1.29, 1.82) is 0 Å².